The first kappa shape index (κ1) is 19.2. The van der Waals surface area contributed by atoms with Crippen molar-refractivity contribution in [1.82, 2.24) is 9.88 Å². The van der Waals surface area contributed by atoms with Crippen LogP contribution in [-0.2, 0) is 13.0 Å². The van der Waals surface area contributed by atoms with Crippen molar-refractivity contribution in [2.24, 2.45) is 0 Å². The van der Waals surface area contributed by atoms with E-state index in [4.69, 9.17) is 4.74 Å². The second-order valence-corrected chi connectivity index (χ2v) is 7.00. The van der Waals surface area contributed by atoms with E-state index < -0.39 is 0 Å². The molecule has 0 radical (unpaired) electrons. The fraction of sp³-hybridized carbons (Fsp3) is 0.167. The van der Waals surface area contributed by atoms with Crippen LogP contribution in [0.15, 0.2) is 60.8 Å². The summed E-state index contributed by atoms with van der Waals surface area (Å²) in [4.78, 5) is 19.1. The predicted octanol–water partition coefficient (Wildman–Crippen LogP) is 3.77. The molecule has 1 aliphatic heterocycles. The number of hydrogen-bond acceptors (Lipinski definition) is 5. The normalized spacial score (nSPS) is 14.7. The summed E-state index contributed by atoms with van der Waals surface area (Å²) in [7, 11) is 1.61. The zero-order valence-electron chi connectivity index (χ0n) is 16.4. The highest BCUT2D eigenvalue weighted by Crippen LogP contribution is 2.38. The van der Waals surface area contributed by atoms with Crippen molar-refractivity contribution in [2.45, 2.75) is 19.0 Å². The lowest BCUT2D eigenvalue weighted by Crippen LogP contribution is -2.29. The molecule has 30 heavy (non-hydrogen) atoms. The lowest BCUT2D eigenvalue weighted by molar-refractivity contribution is 0.0709. The fourth-order valence-corrected chi connectivity index (χ4v) is 3.87. The molecule has 3 aromatic rings. The summed E-state index contributed by atoms with van der Waals surface area (Å²) < 4.78 is 5.21. The highest BCUT2D eigenvalue weighted by atomic mass is 16.5. The van der Waals surface area contributed by atoms with Crippen molar-refractivity contribution < 1.29 is 9.53 Å². The number of nitrogens with zero attached hydrogens (tertiary/aromatic N) is 4. The molecule has 4 rings (SSSR count). The zero-order chi connectivity index (χ0) is 21.1. The highest BCUT2D eigenvalue weighted by Gasteiger charge is 2.37. The number of hydrogen-bond donors (Lipinski definition) is 0. The van der Waals surface area contributed by atoms with Crippen LogP contribution >= 0.6 is 0 Å². The van der Waals surface area contributed by atoms with Crippen LogP contribution in [0.4, 0.5) is 0 Å². The van der Waals surface area contributed by atoms with Gasteiger partial charge in [0, 0.05) is 30.3 Å². The van der Waals surface area contributed by atoms with Crippen LogP contribution < -0.4 is 4.74 Å². The number of carbonyl (C=O) groups is 1. The summed E-state index contributed by atoms with van der Waals surface area (Å²) in [5, 5.41) is 19.0. The first-order valence-corrected chi connectivity index (χ1v) is 9.47. The maximum absolute atomic E-state index is 13.2. The van der Waals surface area contributed by atoms with Crippen molar-refractivity contribution in [3.8, 4) is 17.9 Å². The Labute approximate surface area is 174 Å². The van der Waals surface area contributed by atoms with E-state index in [1.807, 2.05) is 48.5 Å². The van der Waals surface area contributed by atoms with Gasteiger partial charge in [-0.2, -0.15) is 10.5 Å². The van der Waals surface area contributed by atoms with Crippen LogP contribution in [-0.4, -0.2) is 22.9 Å². The summed E-state index contributed by atoms with van der Waals surface area (Å²) >= 11 is 0. The van der Waals surface area contributed by atoms with E-state index in [2.05, 4.69) is 17.1 Å². The molecule has 1 atom stereocenters. The van der Waals surface area contributed by atoms with E-state index in [9.17, 15) is 15.3 Å². The van der Waals surface area contributed by atoms with E-state index in [-0.39, 0.29) is 17.6 Å². The third-order valence-corrected chi connectivity index (χ3v) is 5.38. The molecule has 6 heteroatoms. The maximum atomic E-state index is 13.2. The molecule has 0 bridgehead atoms. The number of fused-ring (bicyclic) bond motifs is 1. The molecule has 0 spiro atoms. The van der Waals surface area contributed by atoms with Gasteiger partial charge in [-0.1, -0.05) is 30.3 Å². The van der Waals surface area contributed by atoms with Gasteiger partial charge in [-0.3, -0.25) is 4.79 Å². The Morgan fingerprint density at radius 1 is 1.07 bits per heavy atom. The minimum absolute atomic E-state index is 0.0627. The number of rotatable bonds is 5. The Bertz CT molecular complexity index is 1160. The number of amides is 1. The standard InChI is InChI=1S/C24H18N4O2/c1-30-18-8-6-16(7-9-18)15-28-23(19-4-2-3-5-20(19)24(28)29)12-21-17(13-25)10-11-27-22(21)14-26/h2-11,23H,12,15H2,1H3. The molecule has 2 aromatic carbocycles. The van der Waals surface area contributed by atoms with E-state index in [1.165, 1.54) is 6.20 Å². The Balaban J connectivity index is 1.74. The molecule has 0 fully saturated rings. The third-order valence-electron chi connectivity index (χ3n) is 5.38. The molecule has 0 saturated heterocycles. The second-order valence-electron chi connectivity index (χ2n) is 7.00. The van der Waals surface area contributed by atoms with Crippen LogP contribution in [0, 0.1) is 22.7 Å². The minimum Gasteiger partial charge on any atom is -0.497 e. The molecular weight excluding hydrogens is 376 g/mol. The number of carbonyl (C=O) groups excluding carboxylic acids is 1. The number of nitriles is 2. The topological polar surface area (TPSA) is 90.0 Å². The number of aromatic nitrogens is 1. The van der Waals surface area contributed by atoms with Gasteiger partial charge in [0.05, 0.1) is 24.8 Å². The van der Waals surface area contributed by atoms with Crippen molar-refractivity contribution in [3.63, 3.8) is 0 Å². The Morgan fingerprint density at radius 2 is 1.83 bits per heavy atom. The largest absolute Gasteiger partial charge is 0.497 e. The first-order chi connectivity index (χ1) is 14.7. The predicted molar refractivity (Wildman–Crippen MR) is 109 cm³/mol. The van der Waals surface area contributed by atoms with Gasteiger partial charge in [0.25, 0.3) is 5.91 Å². The van der Waals surface area contributed by atoms with Gasteiger partial charge in [-0.25, -0.2) is 4.98 Å². The Morgan fingerprint density at radius 3 is 2.53 bits per heavy atom. The number of ether oxygens (including phenoxy) is 1. The van der Waals surface area contributed by atoms with Crippen molar-refractivity contribution in [3.05, 3.63) is 94.3 Å². The molecule has 1 unspecified atom stereocenters. The third kappa shape index (κ3) is 3.36. The molecule has 146 valence electrons. The lowest BCUT2D eigenvalue weighted by atomic mass is 9.94. The van der Waals surface area contributed by atoms with Crippen molar-refractivity contribution in [2.75, 3.05) is 7.11 Å². The fourth-order valence-electron chi connectivity index (χ4n) is 3.87. The second kappa shape index (κ2) is 8.06. The molecule has 0 saturated carbocycles. The van der Waals surface area contributed by atoms with E-state index in [0.29, 0.717) is 29.7 Å². The van der Waals surface area contributed by atoms with Crippen LogP contribution in [0.25, 0.3) is 0 Å². The number of benzene rings is 2. The number of pyridine rings is 1. The van der Waals surface area contributed by atoms with Gasteiger partial charge < -0.3 is 9.64 Å². The van der Waals surface area contributed by atoms with Gasteiger partial charge in [-0.15, -0.1) is 0 Å². The molecular formula is C24H18N4O2. The first-order valence-electron chi connectivity index (χ1n) is 9.47. The summed E-state index contributed by atoms with van der Waals surface area (Å²) in [6, 6.07) is 20.6. The SMILES string of the molecule is COc1ccc(CN2C(=O)c3ccccc3C2Cc2c(C#N)ccnc2C#N)cc1. The highest BCUT2D eigenvalue weighted by molar-refractivity contribution is 5.99. The number of methoxy groups -OCH3 is 1. The molecule has 0 N–H and O–H groups in total. The van der Waals surface area contributed by atoms with E-state index in [0.717, 1.165) is 16.9 Å². The quantitative estimate of drug-likeness (QED) is 0.657. The van der Waals surface area contributed by atoms with Crippen LogP contribution in [0.3, 0.4) is 0 Å². The minimum atomic E-state index is -0.292. The monoisotopic (exact) mass is 394 g/mol. The van der Waals surface area contributed by atoms with Crippen molar-refractivity contribution in [1.29, 1.82) is 10.5 Å². The summed E-state index contributed by atoms with van der Waals surface area (Å²) in [5.41, 5.74) is 3.70. The van der Waals surface area contributed by atoms with Crippen LogP contribution in [0.2, 0.25) is 0 Å². The van der Waals surface area contributed by atoms with Crippen LogP contribution in [0.5, 0.6) is 5.75 Å². The van der Waals surface area contributed by atoms with E-state index in [1.54, 1.807) is 18.1 Å². The summed E-state index contributed by atoms with van der Waals surface area (Å²) in [5.74, 6) is 0.686. The Hall–Kier alpha value is -4.16. The van der Waals surface area contributed by atoms with Crippen LogP contribution in [0.1, 0.15) is 44.3 Å². The molecule has 6 nitrogen and oxygen atoms in total. The zero-order valence-corrected chi connectivity index (χ0v) is 16.4. The maximum Gasteiger partial charge on any atom is 0.255 e. The van der Waals surface area contributed by atoms with Crippen molar-refractivity contribution >= 4 is 5.91 Å². The Kier molecular flexibility index (Phi) is 5.15. The van der Waals surface area contributed by atoms with Gasteiger partial charge >= 0.3 is 0 Å². The van der Waals surface area contributed by atoms with E-state index >= 15 is 0 Å². The summed E-state index contributed by atoms with van der Waals surface area (Å²) in [6.45, 7) is 0.409. The molecule has 1 aliphatic rings. The molecule has 1 amide bonds. The van der Waals surface area contributed by atoms with Gasteiger partial charge in [0.15, 0.2) is 0 Å². The summed E-state index contributed by atoms with van der Waals surface area (Å²) in [6.07, 6.45) is 1.81. The smallest absolute Gasteiger partial charge is 0.255 e. The average Bonchev–Trinajstić information content (AvgIpc) is 3.05. The average molecular weight is 394 g/mol. The molecule has 0 aliphatic carbocycles. The van der Waals surface area contributed by atoms with Gasteiger partial charge in [-0.05, 0) is 35.4 Å². The lowest BCUT2D eigenvalue weighted by Gasteiger charge is -2.26. The van der Waals surface area contributed by atoms with Gasteiger partial charge in [0.2, 0.25) is 0 Å². The van der Waals surface area contributed by atoms with Gasteiger partial charge in [0.1, 0.15) is 17.5 Å². The molecule has 1 aromatic heterocycles. The molecule has 2 heterocycles.